The summed E-state index contributed by atoms with van der Waals surface area (Å²) in [5.74, 6) is 3.49. The Kier molecular flexibility index (Phi) is 5.49. The molecular formula is C19H32O. The fourth-order valence-corrected chi connectivity index (χ4v) is 4.15. The zero-order valence-corrected chi connectivity index (χ0v) is 13.8. The van der Waals surface area contributed by atoms with Crippen molar-refractivity contribution in [1.29, 1.82) is 0 Å². The summed E-state index contributed by atoms with van der Waals surface area (Å²) in [4.78, 5) is 0. The second-order valence-corrected chi connectivity index (χ2v) is 7.25. The molecule has 0 aromatic heterocycles. The van der Waals surface area contributed by atoms with E-state index in [2.05, 4.69) is 46.4 Å². The lowest BCUT2D eigenvalue weighted by Crippen LogP contribution is -2.36. The summed E-state index contributed by atoms with van der Waals surface area (Å²) in [6.45, 7) is 14.6. The van der Waals surface area contributed by atoms with Crippen LogP contribution in [0.4, 0.5) is 0 Å². The quantitative estimate of drug-likeness (QED) is 0.639. The first-order valence-electron chi connectivity index (χ1n) is 8.51. The largest absolute Gasteiger partial charge is 0.369 e. The van der Waals surface area contributed by atoms with Gasteiger partial charge in [-0.2, -0.15) is 0 Å². The Balaban J connectivity index is 2.05. The normalized spacial score (nSPS) is 38.1. The van der Waals surface area contributed by atoms with Crippen molar-refractivity contribution in [2.45, 2.75) is 59.5 Å². The SMILES string of the molecule is C=C(C1CCC(CC)CC1C)C1OCC=CC1C(C)C. The van der Waals surface area contributed by atoms with Crippen molar-refractivity contribution in [1.82, 2.24) is 0 Å². The molecule has 0 aromatic rings. The van der Waals surface area contributed by atoms with E-state index in [4.69, 9.17) is 4.74 Å². The van der Waals surface area contributed by atoms with Gasteiger partial charge in [0, 0.05) is 5.92 Å². The lowest BCUT2D eigenvalue weighted by molar-refractivity contribution is 0.0304. The maximum atomic E-state index is 6.08. The van der Waals surface area contributed by atoms with Gasteiger partial charge in [0.25, 0.3) is 0 Å². The lowest BCUT2D eigenvalue weighted by atomic mass is 9.68. The monoisotopic (exact) mass is 276 g/mol. The van der Waals surface area contributed by atoms with Crippen LogP contribution in [0.15, 0.2) is 24.3 Å². The summed E-state index contributed by atoms with van der Waals surface area (Å²) in [7, 11) is 0. The fraction of sp³-hybridized carbons (Fsp3) is 0.789. The Hall–Kier alpha value is -0.560. The van der Waals surface area contributed by atoms with E-state index in [1.807, 2.05) is 0 Å². The third-order valence-corrected chi connectivity index (χ3v) is 5.55. The highest BCUT2D eigenvalue weighted by Crippen LogP contribution is 2.42. The first-order valence-corrected chi connectivity index (χ1v) is 8.51. The molecule has 0 aromatic carbocycles. The molecule has 1 heteroatoms. The minimum Gasteiger partial charge on any atom is -0.369 e. The van der Waals surface area contributed by atoms with Crippen LogP contribution in [0.1, 0.15) is 53.4 Å². The van der Waals surface area contributed by atoms with Crippen LogP contribution < -0.4 is 0 Å². The Morgan fingerprint density at radius 2 is 2.10 bits per heavy atom. The molecule has 0 saturated heterocycles. The summed E-state index contributed by atoms with van der Waals surface area (Å²) < 4.78 is 6.08. The van der Waals surface area contributed by atoms with Gasteiger partial charge in [0.2, 0.25) is 0 Å². The van der Waals surface area contributed by atoms with E-state index in [1.54, 1.807) is 0 Å². The molecule has 2 aliphatic rings. The first-order chi connectivity index (χ1) is 9.54. The standard InChI is InChI=1S/C19H32O/c1-6-16-9-10-18(14(4)12-16)15(5)19-17(13(2)3)8-7-11-20-19/h7-8,13-14,16-19H,5-6,9-12H2,1-4H3. The third kappa shape index (κ3) is 3.36. The predicted molar refractivity (Wildman–Crippen MR) is 86.6 cm³/mol. The average molecular weight is 276 g/mol. The Labute approximate surface area is 125 Å². The Morgan fingerprint density at radius 1 is 1.35 bits per heavy atom. The number of hydrogen-bond acceptors (Lipinski definition) is 1. The van der Waals surface area contributed by atoms with Crippen molar-refractivity contribution in [3.05, 3.63) is 24.3 Å². The van der Waals surface area contributed by atoms with Gasteiger partial charge in [0.05, 0.1) is 12.7 Å². The number of hydrogen-bond donors (Lipinski definition) is 0. The lowest BCUT2D eigenvalue weighted by Gasteiger charge is -2.40. The second-order valence-electron chi connectivity index (χ2n) is 7.25. The highest BCUT2D eigenvalue weighted by atomic mass is 16.5. The van der Waals surface area contributed by atoms with Crippen molar-refractivity contribution < 1.29 is 4.74 Å². The van der Waals surface area contributed by atoms with Crippen molar-refractivity contribution in [2.24, 2.45) is 29.6 Å². The van der Waals surface area contributed by atoms with E-state index in [-0.39, 0.29) is 6.10 Å². The molecule has 1 aliphatic heterocycles. The molecule has 0 amide bonds. The molecule has 0 radical (unpaired) electrons. The molecule has 5 atom stereocenters. The van der Waals surface area contributed by atoms with Crippen LogP contribution in [-0.2, 0) is 4.74 Å². The molecule has 5 unspecified atom stereocenters. The van der Waals surface area contributed by atoms with E-state index in [1.165, 1.54) is 31.3 Å². The van der Waals surface area contributed by atoms with Crippen molar-refractivity contribution in [2.75, 3.05) is 6.61 Å². The zero-order valence-electron chi connectivity index (χ0n) is 13.8. The van der Waals surface area contributed by atoms with Crippen LogP contribution in [-0.4, -0.2) is 12.7 Å². The van der Waals surface area contributed by atoms with E-state index in [0.717, 1.165) is 18.4 Å². The third-order valence-electron chi connectivity index (χ3n) is 5.55. The molecule has 1 nitrogen and oxygen atoms in total. The van der Waals surface area contributed by atoms with Gasteiger partial charge in [-0.05, 0) is 48.5 Å². The Morgan fingerprint density at radius 3 is 2.70 bits per heavy atom. The molecular weight excluding hydrogens is 244 g/mol. The van der Waals surface area contributed by atoms with Gasteiger partial charge in [-0.1, -0.05) is 52.8 Å². The summed E-state index contributed by atoms with van der Waals surface area (Å²) in [5.41, 5.74) is 1.37. The van der Waals surface area contributed by atoms with Crippen LogP contribution in [0.2, 0.25) is 0 Å². The minimum absolute atomic E-state index is 0.241. The summed E-state index contributed by atoms with van der Waals surface area (Å²) >= 11 is 0. The molecule has 1 saturated carbocycles. The fourth-order valence-electron chi connectivity index (χ4n) is 4.15. The number of ether oxygens (including phenoxy) is 1. The highest BCUT2D eigenvalue weighted by molar-refractivity contribution is 5.17. The van der Waals surface area contributed by atoms with Crippen molar-refractivity contribution in [3.63, 3.8) is 0 Å². The average Bonchev–Trinajstić information content (AvgIpc) is 2.46. The topological polar surface area (TPSA) is 9.23 Å². The molecule has 1 fully saturated rings. The smallest absolute Gasteiger partial charge is 0.0854 e. The molecule has 114 valence electrons. The van der Waals surface area contributed by atoms with Crippen LogP contribution in [0.3, 0.4) is 0 Å². The predicted octanol–water partition coefficient (Wildman–Crippen LogP) is 5.23. The van der Waals surface area contributed by atoms with Gasteiger partial charge >= 0.3 is 0 Å². The summed E-state index contributed by atoms with van der Waals surface area (Å²) in [6.07, 6.45) is 10.2. The molecule has 2 rings (SSSR count). The van der Waals surface area contributed by atoms with Gasteiger partial charge in [-0.25, -0.2) is 0 Å². The van der Waals surface area contributed by atoms with Gasteiger partial charge < -0.3 is 4.74 Å². The van der Waals surface area contributed by atoms with Crippen molar-refractivity contribution in [3.8, 4) is 0 Å². The zero-order chi connectivity index (χ0) is 14.7. The maximum Gasteiger partial charge on any atom is 0.0854 e. The highest BCUT2D eigenvalue weighted by Gasteiger charge is 2.35. The van der Waals surface area contributed by atoms with Crippen LogP contribution in [0.25, 0.3) is 0 Å². The molecule has 20 heavy (non-hydrogen) atoms. The van der Waals surface area contributed by atoms with E-state index in [9.17, 15) is 0 Å². The molecule has 0 bridgehead atoms. The van der Waals surface area contributed by atoms with Gasteiger partial charge in [-0.3, -0.25) is 0 Å². The van der Waals surface area contributed by atoms with Gasteiger partial charge in [0.15, 0.2) is 0 Å². The van der Waals surface area contributed by atoms with Crippen LogP contribution in [0, 0.1) is 29.6 Å². The molecule has 1 aliphatic carbocycles. The molecule has 0 N–H and O–H groups in total. The minimum atomic E-state index is 0.241. The molecule has 0 spiro atoms. The van der Waals surface area contributed by atoms with E-state index in [0.29, 0.717) is 17.8 Å². The summed E-state index contributed by atoms with van der Waals surface area (Å²) in [5, 5.41) is 0. The van der Waals surface area contributed by atoms with E-state index >= 15 is 0 Å². The van der Waals surface area contributed by atoms with E-state index < -0.39 is 0 Å². The second kappa shape index (κ2) is 6.93. The van der Waals surface area contributed by atoms with Gasteiger partial charge in [-0.15, -0.1) is 0 Å². The van der Waals surface area contributed by atoms with Crippen LogP contribution in [0.5, 0.6) is 0 Å². The summed E-state index contributed by atoms with van der Waals surface area (Å²) in [6, 6.07) is 0. The molecule has 1 heterocycles. The van der Waals surface area contributed by atoms with Gasteiger partial charge in [0.1, 0.15) is 0 Å². The van der Waals surface area contributed by atoms with Crippen molar-refractivity contribution >= 4 is 0 Å². The number of rotatable bonds is 4. The van der Waals surface area contributed by atoms with Crippen LogP contribution >= 0.6 is 0 Å². The maximum absolute atomic E-state index is 6.08. The first kappa shape index (κ1) is 15.8. The Bertz CT molecular complexity index is 355.